The molecule has 144 valence electrons. The SMILES string of the molecule is O=C1N[C@H](c2cncc(C#Cc3ccc(F)cc3)c2)[C@@H](c2cccc(F)c2F)O1. The van der Waals surface area contributed by atoms with Crippen molar-refractivity contribution in [2.75, 3.05) is 0 Å². The highest BCUT2D eigenvalue weighted by atomic mass is 19.2. The standard InChI is InChI=1S/C22H13F3N2O2/c23-16-8-6-13(7-9-16)4-5-14-10-15(12-26-11-14)20-21(29-22(28)27-20)17-2-1-3-18(24)19(17)25/h1-3,6-12,20-21H,(H,27,28)/t20-,21-/m1/s1. The second-order valence-corrected chi connectivity index (χ2v) is 6.35. The summed E-state index contributed by atoms with van der Waals surface area (Å²) in [6.45, 7) is 0. The van der Waals surface area contributed by atoms with Crippen LogP contribution in [0.15, 0.2) is 60.9 Å². The number of rotatable bonds is 2. The molecular weight excluding hydrogens is 381 g/mol. The third-order valence-corrected chi connectivity index (χ3v) is 4.41. The Bertz CT molecular complexity index is 1140. The molecule has 0 aliphatic carbocycles. The number of nitrogens with one attached hydrogen (secondary N) is 1. The van der Waals surface area contributed by atoms with Crippen molar-refractivity contribution in [3.8, 4) is 11.8 Å². The Morgan fingerprint density at radius 1 is 0.966 bits per heavy atom. The molecule has 0 spiro atoms. The van der Waals surface area contributed by atoms with Gasteiger partial charge in [0.2, 0.25) is 0 Å². The van der Waals surface area contributed by atoms with Gasteiger partial charge >= 0.3 is 6.09 Å². The first-order valence-electron chi connectivity index (χ1n) is 8.65. The van der Waals surface area contributed by atoms with Crippen LogP contribution in [0, 0.1) is 29.3 Å². The van der Waals surface area contributed by atoms with Gasteiger partial charge < -0.3 is 10.1 Å². The molecule has 29 heavy (non-hydrogen) atoms. The molecule has 1 aliphatic rings. The normalized spacial score (nSPS) is 17.8. The Hall–Kier alpha value is -3.79. The van der Waals surface area contributed by atoms with Crippen LogP contribution in [0.5, 0.6) is 0 Å². The van der Waals surface area contributed by atoms with Gasteiger partial charge in [-0.05, 0) is 42.0 Å². The fraction of sp³-hybridized carbons (Fsp3) is 0.0909. The molecule has 0 saturated carbocycles. The number of halogens is 3. The molecule has 1 saturated heterocycles. The monoisotopic (exact) mass is 394 g/mol. The molecule has 1 N–H and O–H groups in total. The number of carbonyl (C=O) groups excluding carboxylic acids is 1. The van der Waals surface area contributed by atoms with Crippen molar-refractivity contribution < 1.29 is 22.7 Å². The van der Waals surface area contributed by atoms with Gasteiger partial charge in [0.15, 0.2) is 17.7 Å². The summed E-state index contributed by atoms with van der Waals surface area (Å²) in [6, 6.07) is 10.3. The minimum Gasteiger partial charge on any atom is -0.439 e. The van der Waals surface area contributed by atoms with Crippen LogP contribution in [-0.4, -0.2) is 11.1 Å². The lowest BCUT2D eigenvalue weighted by Crippen LogP contribution is -2.20. The number of hydrogen-bond donors (Lipinski definition) is 1. The van der Waals surface area contributed by atoms with E-state index in [1.165, 1.54) is 36.7 Å². The van der Waals surface area contributed by atoms with Gasteiger partial charge in [-0.3, -0.25) is 4.98 Å². The highest BCUT2D eigenvalue weighted by Crippen LogP contribution is 2.38. The van der Waals surface area contributed by atoms with Crippen LogP contribution in [0.2, 0.25) is 0 Å². The largest absolute Gasteiger partial charge is 0.439 e. The lowest BCUT2D eigenvalue weighted by molar-refractivity contribution is 0.129. The molecule has 0 unspecified atom stereocenters. The number of aromatic nitrogens is 1. The number of alkyl carbamates (subject to hydrolysis) is 1. The van der Waals surface area contributed by atoms with Crippen molar-refractivity contribution in [2.45, 2.75) is 12.1 Å². The van der Waals surface area contributed by atoms with E-state index in [0.29, 0.717) is 16.7 Å². The van der Waals surface area contributed by atoms with Crippen molar-refractivity contribution in [3.05, 3.63) is 101 Å². The average Bonchev–Trinajstić information content (AvgIpc) is 3.11. The maximum absolute atomic E-state index is 14.2. The van der Waals surface area contributed by atoms with Crippen LogP contribution in [0.4, 0.5) is 18.0 Å². The fourth-order valence-corrected chi connectivity index (χ4v) is 3.04. The van der Waals surface area contributed by atoms with Crippen LogP contribution in [0.25, 0.3) is 0 Å². The van der Waals surface area contributed by atoms with Gasteiger partial charge in [-0.2, -0.15) is 0 Å². The summed E-state index contributed by atoms with van der Waals surface area (Å²) in [7, 11) is 0. The predicted octanol–water partition coefficient (Wildman–Crippen LogP) is 4.42. The first-order chi connectivity index (χ1) is 14.0. The van der Waals surface area contributed by atoms with Crippen molar-refractivity contribution in [1.29, 1.82) is 0 Å². The van der Waals surface area contributed by atoms with Crippen LogP contribution < -0.4 is 5.32 Å². The zero-order chi connectivity index (χ0) is 20.4. The molecule has 4 rings (SSSR count). The third-order valence-electron chi connectivity index (χ3n) is 4.41. The summed E-state index contributed by atoms with van der Waals surface area (Å²) in [5, 5.41) is 2.59. The van der Waals surface area contributed by atoms with Crippen LogP contribution in [0.3, 0.4) is 0 Å². The predicted molar refractivity (Wildman–Crippen MR) is 98.1 cm³/mol. The molecule has 1 aromatic heterocycles. The molecule has 1 amide bonds. The maximum atomic E-state index is 14.2. The third kappa shape index (κ3) is 3.92. The number of cyclic esters (lactones) is 1. The van der Waals surface area contributed by atoms with Crippen molar-refractivity contribution in [2.24, 2.45) is 0 Å². The summed E-state index contributed by atoms with van der Waals surface area (Å²) in [4.78, 5) is 15.9. The highest BCUT2D eigenvalue weighted by molar-refractivity contribution is 5.71. The van der Waals surface area contributed by atoms with E-state index in [0.717, 1.165) is 6.07 Å². The van der Waals surface area contributed by atoms with Crippen molar-refractivity contribution >= 4 is 6.09 Å². The maximum Gasteiger partial charge on any atom is 0.408 e. The Morgan fingerprint density at radius 2 is 1.72 bits per heavy atom. The highest BCUT2D eigenvalue weighted by Gasteiger charge is 2.38. The van der Waals surface area contributed by atoms with Crippen LogP contribution in [0.1, 0.15) is 34.4 Å². The fourth-order valence-electron chi connectivity index (χ4n) is 3.04. The zero-order valence-electron chi connectivity index (χ0n) is 14.8. The molecule has 7 heteroatoms. The van der Waals surface area contributed by atoms with E-state index < -0.39 is 29.9 Å². The summed E-state index contributed by atoms with van der Waals surface area (Å²) in [6.07, 6.45) is 1.22. The molecule has 0 radical (unpaired) electrons. The minimum absolute atomic E-state index is 0.0730. The summed E-state index contributed by atoms with van der Waals surface area (Å²) in [5.41, 5.74) is 1.60. The van der Waals surface area contributed by atoms with Gasteiger partial charge in [0.25, 0.3) is 0 Å². The average molecular weight is 394 g/mol. The number of hydrogen-bond acceptors (Lipinski definition) is 3. The quantitative estimate of drug-likeness (QED) is 0.655. The Labute approximate surface area is 164 Å². The van der Waals surface area contributed by atoms with Crippen LogP contribution >= 0.6 is 0 Å². The molecule has 3 aromatic rings. The zero-order valence-corrected chi connectivity index (χ0v) is 14.8. The molecule has 0 bridgehead atoms. The summed E-state index contributed by atoms with van der Waals surface area (Å²) >= 11 is 0. The van der Waals surface area contributed by atoms with E-state index in [9.17, 15) is 18.0 Å². The van der Waals surface area contributed by atoms with Gasteiger partial charge in [0, 0.05) is 29.1 Å². The van der Waals surface area contributed by atoms with E-state index in [2.05, 4.69) is 22.1 Å². The van der Waals surface area contributed by atoms with Gasteiger partial charge in [-0.15, -0.1) is 0 Å². The van der Waals surface area contributed by atoms with Gasteiger partial charge in [0.05, 0.1) is 0 Å². The smallest absolute Gasteiger partial charge is 0.408 e. The molecule has 2 heterocycles. The van der Waals surface area contributed by atoms with E-state index in [4.69, 9.17) is 4.74 Å². The molecule has 2 aromatic carbocycles. The van der Waals surface area contributed by atoms with Gasteiger partial charge in [0.1, 0.15) is 11.9 Å². The number of pyridine rings is 1. The number of nitrogens with zero attached hydrogens (tertiary/aromatic N) is 1. The molecular formula is C22H13F3N2O2. The summed E-state index contributed by atoms with van der Waals surface area (Å²) < 4.78 is 46.0. The number of carbonyl (C=O) groups is 1. The van der Waals surface area contributed by atoms with E-state index in [1.54, 1.807) is 18.2 Å². The lowest BCUT2D eigenvalue weighted by atomic mass is 9.96. The van der Waals surface area contributed by atoms with Crippen LogP contribution in [-0.2, 0) is 4.74 Å². The van der Waals surface area contributed by atoms with E-state index in [-0.39, 0.29) is 11.4 Å². The van der Waals surface area contributed by atoms with Gasteiger partial charge in [-0.1, -0.05) is 24.0 Å². The van der Waals surface area contributed by atoms with Gasteiger partial charge in [-0.25, -0.2) is 18.0 Å². The Kier molecular flexibility index (Phi) is 4.92. The number of benzene rings is 2. The Morgan fingerprint density at radius 3 is 2.52 bits per heavy atom. The first-order valence-corrected chi connectivity index (χ1v) is 8.65. The van der Waals surface area contributed by atoms with Crippen molar-refractivity contribution in [3.63, 3.8) is 0 Å². The number of ether oxygens (including phenoxy) is 1. The van der Waals surface area contributed by atoms with E-state index in [1.807, 2.05) is 0 Å². The second-order valence-electron chi connectivity index (χ2n) is 6.35. The lowest BCUT2D eigenvalue weighted by Gasteiger charge is -2.18. The molecule has 2 atom stereocenters. The minimum atomic E-state index is -1.07. The molecule has 1 aliphatic heterocycles. The molecule has 4 nitrogen and oxygen atoms in total. The molecule has 1 fully saturated rings. The number of amides is 1. The first kappa shape index (κ1) is 18.6. The second kappa shape index (κ2) is 7.68. The topological polar surface area (TPSA) is 51.2 Å². The van der Waals surface area contributed by atoms with E-state index >= 15 is 0 Å². The Balaban J connectivity index is 1.65. The summed E-state index contributed by atoms with van der Waals surface area (Å²) in [5.74, 6) is 3.35. The van der Waals surface area contributed by atoms with Crippen molar-refractivity contribution in [1.82, 2.24) is 10.3 Å².